The van der Waals surface area contributed by atoms with Crippen molar-refractivity contribution in [3.8, 4) is 0 Å². The maximum Gasteiger partial charge on any atom is 0.417 e. The van der Waals surface area contributed by atoms with Crippen LogP contribution in [0.2, 0.25) is 5.02 Å². The molecule has 2 aliphatic heterocycles. The Kier molecular flexibility index (Phi) is 28.8. The molecule has 1 aromatic rings. The number of halogens is 4. The molecule has 4 rings (SSSR count). The van der Waals surface area contributed by atoms with Gasteiger partial charge in [0.1, 0.15) is 41.8 Å². The van der Waals surface area contributed by atoms with Crippen molar-refractivity contribution in [3.05, 3.63) is 34.3 Å². The summed E-state index contributed by atoms with van der Waals surface area (Å²) in [6.07, 6.45) is 0.539. The van der Waals surface area contributed by atoms with E-state index < -0.39 is 161 Å². The van der Waals surface area contributed by atoms with Crippen LogP contribution in [-0.2, 0) is 65.3 Å². The highest BCUT2D eigenvalue weighted by Crippen LogP contribution is 2.36. The van der Waals surface area contributed by atoms with Crippen molar-refractivity contribution in [2.45, 2.75) is 213 Å². The number of hydrogen-bond donors (Lipinski definition) is 3. The van der Waals surface area contributed by atoms with Crippen molar-refractivity contribution >= 4 is 76.6 Å². The molecule has 0 aromatic heterocycles. The Morgan fingerprint density at radius 3 is 1.82 bits per heavy atom. The van der Waals surface area contributed by atoms with Crippen LogP contribution in [0.3, 0.4) is 0 Å². The van der Waals surface area contributed by atoms with Gasteiger partial charge in [0.2, 0.25) is 65.0 Å². The van der Waals surface area contributed by atoms with Crippen LogP contribution < -0.4 is 16.0 Å². The first-order chi connectivity index (χ1) is 42.8. The summed E-state index contributed by atoms with van der Waals surface area (Å²) in [6, 6.07) is -4.66. The lowest BCUT2D eigenvalue weighted by Gasteiger charge is -2.41. The Bertz CT molecular complexity index is 2800. The van der Waals surface area contributed by atoms with Crippen LogP contribution in [0.25, 0.3) is 0 Å². The fourth-order valence-electron chi connectivity index (χ4n) is 12.9. The molecule has 0 radical (unpaired) electrons. The summed E-state index contributed by atoms with van der Waals surface area (Å²) in [4.78, 5) is 170. The van der Waals surface area contributed by atoms with E-state index in [2.05, 4.69) is 16.0 Å². The molecule has 3 fully saturated rings. The molecular weight excluding hydrogens is 1220 g/mol. The highest BCUT2D eigenvalue weighted by atomic mass is 35.5. The van der Waals surface area contributed by atoms with Crippen LogP contribution in [0.1, 0.15) is 164 Å². The average Bonchev–Trinajstić information content (AvgIpc) is 1.17. The highest BCUT2D eigenvalue weighted by Gasteiger charge is 2.47. The number of carbonyl (C=O) groups is 11. The number of carbonyl (C=O) groups excluding carboxylic acids is 11. The summed E-state index contributed by atoms with van der Waals surface area (Å²) in [5.74, 6) is -8.13. The molecule has 0 bridgehead atoms. The smallest absolute Gasteiger partial charge is 0.343 e. The van der Waals surface area contributed by atoms with Crippen molar-refractivity contribution in [2.24, 2.45) is 29.6 Å². The molecule has 2 saturated heterocycles. The Labute approximate surface area is 548 Å². The molecule has 9 atom stereocenters. The zero-order chi connectivity index (χ0) is 69.6. The molecule has 0 spiro atoms. The maximum absolute atomic E-state index is 15.1. The number of fused-ring (bicyclic) bond motifs is 1. The largest absolute Gasteiger partial charge is 0.417 e. The van der Waals surface area contributed by atoms with Gasteiger partial charge >= 0.3 is 6.18 Å². The van der Waals surface area contributed by atoms with E-state index in [1.807, 2.05) is 34.6 Å². The molecular formula is C66H105ClF3N11O11. The molecule has 1 saturated carbocycles. The molecule has 3 N–H and O–H groups in total. The van der Waals surface area contributed by atoms with Gasteiger partial charge in [0.05, 0.1) is 30.2 Å². The SMILES string of the molecule is CC[C@H](C)[C@@H]1NC(=O)[C@H](CC(C)C)N(C)C(=O)C[C@@H](C)N(C)C(=O)[C@H](C(C)C)N(C)C(=O)[C@](C)(CC(C)C)NC(=O)C2CCCN2C(=O)[C@H](CCc2ccc(C(F)(F)F)c(Cl)c2)NC(=O)CN(C)C(=O)[C@H](CC2CCCCC2)N(C)C(=O)CN(C)C(=O)CN(C)C1=O. The van der Waals surface area contributed by atoms with Gasteiger partial charge < -0.3 is 55.1 Å². The lowest BCUT2D eigenvalue weighted by atomic mass is 9.84. The van der Waals surface area contributed by atoms with Crippen LogP contribution >= 0.6 is 11.6 Å². The third-order valence-corrected chi connectivity index (χ3v) is 19.0. The van der Waals surface area contributed by atoms with E-state index in [-0.39, 0.29) is 69.2 Å². The first kappa shape index (κ1) is 77.9. The second-order valence-corrected chi connectivity index (χ2v) is 28.0. The van der Waals surface area contributed by atoms with Crippen molar-refractivity contribution in [3.63, 3.8) is 0 Å². The zero-order valence-electron chi connectivity index (χ0n) is 57.5. The first-order valence-electron chi connectivity index (χ1n) is 32.6. The minimum absolute atomic E-state index is 0.0287. The normalized spacial score (nSPS) is 26.5. The van der Waals surface area contributed by atoms with Gasteiger partial charge in [-0.3, -0.25) is 52.7 Å². The van der Waals surface area contributed by atoms with Gasteiger partial charge in [0.15, 0.2) is 0 Å². The summed E-state index contributed by atoms with van der Waals surface area (Å²) in [5, 5.41) is 8.01. The topological polar surface area (TPSA) is 250 Å². The van der Waals surface area contributed by atoms with Gasteiger partial charge in [0, 0.05) is 68.3 Å². The molecule has 22 nitrogen and oxygen atoms in total. The second-order valence-electron chi connectivity index (χ2n) is 27.6. The number of benzene rings is 1. The third kappa shape index (κ3) is 20.7. The summed E-state index contributed by atoms with van der Waals surface area (Å²) in [6.45, 7) is 16.2. The molecule has 1 aliphatic carbocycles. The van der Waals surface area contributed by atoms with Crippen molar-refractivity contribution in [2.75, 3.05) is 75.5 Å². The molecule has 26 heteroatoms. The predicted molar refractivity (Wildman–Crippen MR) is 344 cm³/mol. The average molecular weight is 1320 g/mol. The number of rotatable bonds is 12. The number of alkyl halides is 3. The molecule has 518 valence electrons. The standard InChI is InChI=1S/C66H105ClF3N11O11/c1-18-42(8)56-62(90)76(13)37-54(84)74(11)38-55(85)79(16)51(34-44-23-20-19-21-24-44)61(89)75(12)36-52(82)71-48(29-27-45-26-28-46(47(67)33-45)66(68,69)70)60(88)81-30-22-25-49(81)59(87)73-65(10,35-40(4)5)64(92)80(17)57(41(6)7)63(91)77(14)43(9)32-53(83)78(15)50(31-39(2)3)58(86)72-56/h26,28,33,39-44,48-51,56-57H,18-25,27,29-32,34-38H2,1-17H3,(H,71,82)(H,72,86)(H,73,87)/t42-,43+,48-,49?,50-,51-,56-,57-,65-/m0/s1. The lowest BCUT2D eigenvalue weighted by molar-refractivity contribution is -0.153. The van der Waals surface area contributed by atoms with E-state index in [0.29, 0.717) is 18.4 Å². The number of amides is 11. The molecule has 1 aromatic carbocycles. The van der Waals surface area contributed by atoms with Crippen molar-refractivity contribution in [1.82, 2.24) is 55.1 Å². The monoisotopic (exact) mass is 1320 g/mol. The van der Waals surface area contributed by atoms with Crippen molar-refractivity contribution < 1.29 is 65.9 Å². The number of likely N-dealkylation sites (N-methyl/N-ethyl adjacent to an activating group) is 7. The van der Waals surface area contributed by atoms with Gasteiger partial charge in [-0.2, -0.15) is 13.2 Å². The second kappa shape index (κ2) is 34.0. The van der Waals surface area contributed by atoms with E-state index in [1.165, 1.54) is 79.9 Å². The van der Waals surface area contributed by atoms with Gasteiger partial charge in [-0.1, -0.05) is 112 Å². The van der Waals surface area contributed by atoms with Crippen LogP contribution in [0, 0.1) is 29.6 Å². The summed E-state index contributed by atoms with van der Waals surface area (Å²) >= 11 is 6.12. The van der Waals surface area contributed by atoms with Crippen LogP contribution in [0.15, 0.2) is 18.2 Å². The molecule has 2 heterocycles. The van der Waals surface area contributed by atoms with Gasteiger partial charge in [-0.15, -0.1) is 0 Å². The van der Waals surface area contributed by atoms with E-state index >= 15 is 9.59 Å². The Morgan fingerprint density at radius 2 is 1.25 bits per heavy atom. The van der Waals surface area contributed by atoms with Crippen molar-refractivity contribution in [1.29, 1.82) is 0 Å². The highest BCUT2D eigenvalue weighted by molar-refractivity contribution is 6.31. The number of aryl methyl sites for hydroxylation is 1. The quantitative estimate of drug-likeness (QED) is 0.219. The maximum atomic E-state index is 15.1. The zero-order valence-corrected chi connectivity index (χ0v) is 58.2. The Hall–Kier alpha value is -6.53. The molecule has 92 heavy (non-hydrogen) atoms. The Morgan fingerprint density at radius 1 is 0.652 bits per heavy atom. The number of nitrogens with zero attached hydrogens (tertiary/aromatic N) is 8. The third-order valence-electron chi connectivity index (χ3n) is 18.7. The minimum atomic E-state index is -4.75. The number of nitrogens with one attached hydrogen (secondary N) is 3. The molecule has 3 aliphatic rings. The fraction of sp³-hybridized carbons (Fsp3) is 0.742. The minimum Gasteiger partial charge on any atom is -0.343 e. The fourth-order valence-corrected chi connectivity index (χ4v) is 13.2. The summed E-state index contributed by atoms with van der Waals surface area (Å²) in [5.41, 5.74) is -2.43. The molecule has 1 unspecified atom stereocenters. The molecule has 11 amide bonds. The van der Waals surface area contributed by atoms with E-state index in [1.54, 1.807) is 34.6 Å². The number of hydrogen-bond acceptors (Lipinski definition) is 11. The van der Waals surface area contributed by atoms with Gasteiger partial charge in [0.25, 0.3) is 0 Å². The van der Waals surface area contributed by atoms with Crippen LogP contribution in [0.5, 0.6) is 0 Å². The van der Waals surface area contributed by atoms with Gasteiger partial charge in [-0.05, 0) is 106 Å². The van der Waals surface area contributed by atoms with Crippen LogP contribution in [-0.4, -0.2) is 228 Å². The summed E-state index contributed by atoms with van der Waals surface area (Å²) < 4.78 is 41.4. The summed E-state index contributed by atoms with van der Waals surface area (Å²) in [7, 11) is 10.1. The Balaban J connectivity index is 1.84. The first-order valence-corrected chi connectivity index (χ1v) is 33.0. The van der Waals surface area contributed by atoms with Crippen LogP contribution in [0.4, 0.5) is 13.2 Å². The predicted octanol–water partition coefficient (Wildman–Crippen LogP) is 6.00. The lowest BCUT2D eigenvalue weighted by Crippen LogP contribution is -2.64. The van der Waals surface area contributed by atoms with E-state index in [0.717, 1.165) is 58.9 Å². The van der Waals surface area contributed by atoms with E-state index in [9.17, 15) is 56.3 Å². The van der Waals surface area contributed by atoms with E-state index in [4.69, 9.17) is 11.6 Å². The van der Waals surface area contributed by atoms with Gasteiger partial charge in [-0.25, -0.2) is 0 Å².